The topological polar surface area (TPSA) is 57.1 Å². The molecule has 3 nitrogen and oxygen atoms in total. The fourth-order valence-corrected chi connectivity index (χ4v) is 2.83. The normalized spacial score (nSPS) is 53.8. The molecule has 1 heterocycles. The van der Waals surface area contributed by atoms with Gasteiger partial charge in [-0.1, -0.05) is 20.8 Å². The van der Waals surface area contributed by atoms with Gasteiger partial charge in [0.05, 0.1) is 6.61 Å². The van der Waals surface area contributed by atoms with Crippen LogP contribution >= 0.6 is 0 Å². The van der Waals surface area contributed by atoms with Crippen LogP contribution in [0.25, 0.3) is 0 Å². The fourth-order valence-electron chi connectivity index (χ4n) is 2.83. The molecular formula is C10H20NO2+. The van der Waals surface area contributed by atoms with Crippen LogP contribution in [-0.2, 0) is 4.74 Å². The molecule has 3 unspecified atom stereocenters. The quantitative estimate of drug-likeness (QED) is 0.565. The number of aliphatic hydroxyl groups is 1. The number of hydrogen-bond acceptors (Lipinski definition) is 2. The lowest BCUT2D eigenvalue weighted by Crippen LogP contribution is -2.84. The van der Waals surface area contributed by atoms with E-state index in [0.29, 0.717) is 6.61 Å². The molecule has 1 saturated heterocycles. The van der Waals surface area contributed by atoms with Gasteiger partial charge in [0, 0.05) is 17.3 Å². The van der Waals surface area contributed by atoms with Gasteiger partial charge < -0.3 is 15.6 Å². The van der Waals surface area contributed by atoms with E-state index in [4.69, 9.17) is 4.74 Å². The molecule has 3 atom stereocenters. The van der Waals surface area contributed by atoms with Crippen molar-refractivity contribution in [3.05, 3.63) is 0 Å². The summed E-state index contributed by atoms with van der Waals surface area (Å²) in [4.78, 5) is 0. The Labute approximate surface area is 79.3 Å². The van der Waals surface area contributed by atoms with Crippen LogP contribution < -0.4 is 5.73 Å². The fraction of sp³-hybridized carbons (Fsp3) is 1.00. The van der Waals surface area contributed by atoms with Gasteiger partial charge in [0.1, 0.15) is 0 Å². The van der Waals surface area contributed by atoms with Crippen LogP contribution in [0.5, 0.6) is 0 Å². The Balaban J connectivity index is 2.46. The molecule has 4 N–H and O–H groups in total. The molecule has 0 spiro atoms. The summed E-state index contributed by atoms with van der Waals surface area (Å²) in [6.45, 7) is 7.32. The molecule has 1 aliphatic heterocycles. The van der Waals surface area contributed by atoms with Gasteiger partial charge in [-0.25, -0.2) is 0 Å². The summed E-state index contributed by atoms with van der Waals surface area (Å²) >= 11 is 0. The first-order valence-corrected chi connectivity index (χ1v) is 4.99. The van der Waals surface area contributed by atoms with Crippen molar-refractivity contribution in [3.8, 4) is 0 Å². The minimum Gasteiger partial charge on any atom is -0.363 e. The monoisotopic (exact) mass is 186 g/mol. The van der Waals surface area contributed by atoms with Crippen molar-refractivity contribution in [2.45, 2.75) is 45.4 Å². The molecule has 0 aromatic carbocycles. The van der Waals surface area contributed by atoms with E-state index in [0.717, 1.165) is 12.8 Å². The van der Waals surface area contributed by atoms with Gasteiger partial charge in [0.2, 0.25) is 6.29 Å². The zero-order valence-electron chi connectivity index (χ0n) is 8.76. The van der Waals surface area contributed by atoms with E-state index < -0.39 is 6.29 Å². The second-order valence-corrected chi connectivity index (χ2v) is 5.51. The zero-order valence-corrected chi connectivity index (χ0v) is 8.76. The third kappa shape index (κ3) is 0.853. The van der Waals surface area contributed by atoms with Crippen molar-refractivity contribution >= 4 is 0 Å². The van der Waals surface area contributed by atoms with E-state index in [-0.39, 0.29) is 16.4 Å². The third-order valence-corrected chi connectivity index (χ3v) is 4.91. The highest BCUT2D eigenvalue weighted by molar-refractivity contribution is 5.12. The maximum absolute atomic E-state index is 9.82. The van der Waals surface area contributed by atoms with E-state index in [9.17, 15) is 5.11 Å². The Kier molecular flexibility index (Phi) is 1.65. The number of ether oxygens (including phenoxy) is 1. The number of fused-ring (bicyclic) bond motifs is 2. The molecule has 2 aliphatic rings. The second kappa shape index (κ2) is 2.27. The molecule has 13 heavy (non-hydrogen) atoms. The van der Waals surface area contributed by atoms with Crippen LogP contribution in [0.2, 0.25) is 0 Å². The first kappa shape index (κ1) is 9.44. The average molecular weight is 186 g/mol. The Morgan fingerprint density at radius 1 is 1.31 bits per heavy atom. The number of rotatable bonds is 0. The van der Waals surface area contributed by atoms with Gasteiger partial charge in [-0.2, -0.15) is 0 Å². The Hall–Kier alpha value is -0.120. The largest absolute Gasteiger partial charge is 0.363 e. The summed E-state index contributed by atoms with van der Waals surface area (Å²) in [6, 6.07) is 0. The molecule has 1 saturated carbocycles. The van der Waals surface area contributed by atoms with Gasteiger partial charge in [0.15, 0.2) is 5.54 Å². The maximum atomic E-state index is 9.82. The van der Waals surface area contributed by atoms with Crippen molar-refractivity contribution < 1.29 is 15.6 Å². The van der Waals surface area contributed by atoms with Crippen molar-refractivity contribution in [3.63, 3.8) is 0 Å². The minimum absolute atomic E-state index is 0.0671. The van der Waals surface area contributed by atoms with Gasteiger partial charge in [0.25, 0.3) is 0 Å². The van der Waals surface area contributed by atoms with Crippen molar-refractivity contribution in [1.82, 2.24) is 0 Å². The lowest BCUT2D eigenvalue weighted by Gasteiger charge is -2.50. The predicted molar refractivity (Wildman–Crippen MR) is 48.7 cm³/mol. The highest BCUT2D eigenvalue weighted by Gasteiger charge is 2.68. The number of aliphatic hydroxyl groups excluding tert-OH is 1. The summed E-state index contributed by atoms with van der Waals surface area (Å²) in [5.74, 6) is 0. The average Bonchev–Trinajstić information content (AvgIpc) is 2.20. The summed E-state index contributed by atoms with van der Waals surface area (Å²) in [5, 5.41) is 9.82. The summed E-state index contributed by atoms with van der Waals surface area (Å²) < 4.78 is 5.40. The first-order chi connectivity index (χ1) is 5.83. The zero-order chi connectivity index (χ0) is 9.91. The van der Waals surface area contributed by atoms with Crippen LogP contribution in [-0.4, -0.2) is 23.5 Å². The van der Waals surface area contributed by atoms with Gasteiger partial charge in [-0.3, -0.25) is 0 Å². The third-order valence-electron chi connectivity index (χ3n) is 4.91. The standard InChI is InChI=1S/C10H19NO2/c1-8(2)9(3)4-5-10(8,11)7(12)13-6-9/h7,12H,4-6,11H2,1-3H3/p+1. The lowest BCUT2D eigenvalue weighted by atomic mass is 9.61. The SMILES string of the molecule is CC12CCC([NH3+])(C(O)OC1)C2(C)C. The Morgan fingerprint density at radius 3 is 2.46 bits per heavy atom. The lowest BCUT2D eigenvalue weighted by molar-refractivity contribution is -0.552. The maximum Gasteiger partial charge on any atom is 0.211 e. The van der Waals surface area contributed by atoms with Crippen molar-refractivity contribution in [2.24, 2.45) is 10.8 Å². The molecule has 2 bridgehead atoms. The highest BCUT2D eigenvalue weighted by atomic mass is 16.6. The molecule has 76 valence electrons. The first-order valence-electron chi connectivity index (χ1n) is 4.99. The molecule has 0 aromatic rings. The highest BCUT2D eigenvalue weighted by Crippen LogP contribution is 2.60. The van der Waals surface area contributed by atoms with E-state index in [2.05, 4.69) is 26.5 Å². The molecule has 1 aliphatic carbocycles. The van der Waals surface area contributed by atoms with Crippen LogP contribution in [0.3, 0.4) is 0 Å². The van der Waals surface area contributed by atoms with E-state index in [1.165, 1.54) is 0 Å². The molecule has 2 rings (SSSR count). The summed E-state index contributed by atoms with van der Waals surface area (Å²) in [5.41, 5.74) is 4.14. The van der Waals surface area contributed by atoms with Crippen LogP contribution in [0.4, 0.5) is 0 Å². The van der Waals surface area contributed by atoms with Crippen molar-refractivity contribution in [2.75, 3.05) is 6.61 Å². The number of quaternary nitrogens is 1. The van der Waals surface area contributed by atoms with E-state index in [1.807, 2.05) is 0 Å². The second-order valence-electron chi connectivity index (χ2n) is 5.51. The smallest absolute Gasteiger partial charge is 0.211 e. The molecule has 0 aromatic heterocycles. The van der Waals surface area contributed by atoms with Crippen molar-refractivity contribution in [1.29, 1.82) is 0 Å². The Morgan fingerprint density at radius 2 is 1.92 bits per heavy atom. The van der Waals surface area contributed by atoms with E-state index in [1.54, 1.807) is 0 Å². The summed E-state index contributed by atoms with van der Waals surface area (Å²) in [6.07, 6.45) is 1.40. The Bertz CT molecular complexity index is 234. The molecular weight excluding hydrogens is 166 g/mol. The van der Waals surface area contributed by atoms with Gasteiger partial charge in [-0.15, -0.1) is 0 Å². The molecule has 2 fully saturated rings. The van der Waals surface area contributed by atoms with Gasteiger partial charge >= 0.3 is 0 Å². The number of hydrogen-bond donors (Lipinski definition) is 2. The minimum atomic E-state index is -0.682. The van der Waals surface area contributed by atoms with Crippen LogP contribution in [0, 0.1) is 10.8 Å². The van der Waals surface area contributed by atoms with E-state index >= 15 is 0 Å². The molecule has 0 radical (unpaired) electrons. The predicted octanol–water partition coefficient (Wildman–Crippen LogP) is 0.142. The molecule has 3 heteroatoms. The summed E-state index contributed by atoms with van der Waals surface area (Å²) in [7, 11) is 0. The molecule has 0 amide bonds. The van der Waals surface area contributed by atoms with Crippen LogP contribution in [0.1, 0.15) is 33.6 Å². The van der Waals surface area contributed by atoms with Crippen LogP contribution in [0.15, 0.2) is 0 Å². The van der Waals surface area contributed by atoms with Gasteiger partial charge in [-0.05, 0) is 6.42 Å².